The minimum atomic E-state index is -0.612. The molecule has 2 aromatic carbocycles. The Bertz CT molecular complexity index is 900. The van der Waals surface area contributed by atoms with Gasteiger partial charge < -0.3 is 0 Å². The predicted molar refractivity (Wildman–Crippen MR) is 86.8 cm³/mol. The predicted octanol–water partition coefficient (Wildman–Crippen LogP) is 3.49. The second-order valence-corrected chi connectivity index (χ2v) is 5.26. The van der Waals surface area contributed by atoms with Gasteiger partial charge in [0, 0.05) is 5.39 Å². The number of nitrogens with zero attached hydrogens (tertiary/aromatic N) is 2. The van der Waals surface area contributed by atoms with E-state index in [9.17, 15) is 9.18 Å². The second kappa shape index (κ2) is 6.18. The fourth-order valence-electron chi connectivity index (χ4n) is 2.14. The number of carbonyl (C=O) groups excluding carboxylic acids is 1. The smallest absolute Gasteiger partial charge is 0.272 e. The van der Waals surface area contributed by atoms with Gasteiger partial charge in [-0.15, -0.1) is 0 Å². The molecule has 0 aliphatic carbocycles. The van der Waals surface area contributed by atoms with E-state index in [0.717, 1.165) is 5.56 Å². The summed E-state index contributed by atoms with van der Waals surface area (Å²) in [5.74, 6) is -0.875. The number of aryl methyl sites for hydroxylation is 1. The summed E-state index contributed by atoms with van der Waals surface area (Å²) in [5, 5.41) is 0.743. The monoisotopic (exact) mass is 330 g/mol. The first-order chi connectivity index (χ1) is 11.0. The van der Waals surface area contributed by atoms with Gasteiger partial charge in [-0.2, -0.15) is 4.98 Å². The molecule has 3 rings (SSSR count). The van der Waals surface area contributed by atoms with Crippen molar-refractivity contribution in [3.05, 3.63) is 64.7 Å². The van der Waals surface area contributed by atoms with Crippen molar-refractivity contribution in [2.75, 3.05) is 5.43 Å². The summed E-state index contributed by atoms with van der Waals surface area (Å²) in [6.07, 6.45) is 0. The molecular formula is C16H12ClFN4O. The van der Waals surface area contributed by atoms with Gasteiger partial charge in [0.2, 0.25) is 5.28 Å². The van der Waals surface area contributed by atoms with E-state index in [4.69, 9.17) is 11.6 Å². The number of hydrogen-bond acceptors (Lipinski definition) is 4. The SMILES string of the molecule is Cc1ccc2nc(Cl)nc(NNC(=O)c3ccccc3F)c2c1. The highest BCUT2D eigenvalue weighted by molar-refractivity contribution is 6.28. The fourth-order valence-corrected chi connectivity index (χ4v) is 2.31. The number of carbonyl (C=O) groups is 1. The lowest BCUT2D eigenvalue weighted by molar-refractivity contribution is 0.0958. The van der Waals surface area contributed by atoms with Gasteiger partial charge >= 0.3 is 0 Å². The molecule has 0 unspecified atom stereocenters. The van der Waals surface area contributed by atoms with Gasteiger partial charge in [-0.05, 0) is 42.8 Å². The lowest BCUT2D eigenvalue weighted by atomic mass is 10.1. The van der Waals surface area contributed by atoms with Crippen molar-refractivity contribution in [3.8, 4) is 0 Å². The molecule has 2 N–H and O–H groups in total. The molecule has 7 heteroatoms. The molecule has 0 atom stereocenters. The Morgan fingerprint density at radius 3 is 2.74 bits per heavy atom. The highest BCUT2D eigenvalue weighted by Gasteiger charge is 2.12. The summed E-state index contributed by atoms with van der Waals surface area (Å²) in [7, 11) is 0. The van der Waals surface area contributed by atoms with Crippen molar-refractivity contribution in [1.82, 2.24) is 15.4 Å². The van der Waals surface area contributed by atoms with E-state index in [-0.39, 0.29) is 10.8 Å². The zero-order valence-electron chi connectivity index (χ0n) is 12.1. The Morgan fingerprint density at radius 1 is 1.17 bits per heavy atom. The van der Waals surface area contributed by atoms with Crippen molar-refractivity contribution in [2.24, 2.45) is 0 Å². The van der Waals surface area contributed by atoms with Crippen molar-refractivity contribution in [2.45, 2.75) is 6.92 Å². The molecular weight excluding hydrogens is 319 g/mol. The van der Waals surface area contributed by atoms with Crippen LogP contribution in [0.25, 0.3) is 10.9 Å². The van der Waals surface area contributed by atoms with Crippen LogP contribution in [-0.2, 0) is 0 Å². The van der Waals surface area contributed by atoms with Gasteiger partial charge in [0.15, 0.2) is 5.82 Å². The van der Waals surface area contributed by atoms with E-state index in [1.54, 1.807) is 6.07 Å². The quantitative estimate of drug-likeness (QED) is 0.570. The summed E-state index contributed by atoms with van der Waals surface area (Å²) < 4.78 is 13.6. The number of rotatable bonds is 3. The molecule has 1 aromatic heterocycles. The normalized spacial score (nSPS) is 10.6. The topological polar surface area (TPSA) is 66.9 Å². The highest BCUT2D eigenvalue weighted by Crippen LogP contribution is 2.22. The Hall–Kier alpha value is -2.73. The van der Waals surface area contributed by atoms with Crippen LogP contribution >= 0.6 is 11.6 Å². The maximum Gasteiger partial charge on any atom is 0.272 e. The number of halogens is 2. The third-order valence-electron chi connectivity index (χ3n) is 3.24. The van der Waals surface area contributed by atoms with E-state index >= 15 is 0 Å². The number of hydrazine groups is 1. The fraction of sp³-hybridized carbons (Fsp3) is 0.0625. The van der Waals surface area contributed by atoms with Crippen LogP contribution < -0.4 is 10.9 Å². The lowest BCUT2D eigenvalue weighted by Gasteiger charge is -2.11. The third kappa shape index (κ3) is 3.22. The zero-order chi connectivity index (χ0) is 16.4. The van der Waals surface area contributed by atoms with Gasteiger partial charge in [0.1, 0.15) is 5.82 Å². The molecule has 3 aromatic rings. The molecule has 0 radical (unpaired) electrons. The molecule has 0 bridgehead atoms. The van der Waals surface area contributed by atoms with Gasteiger partial charge in [-0.3, -0.25) is 15.6 Å². The summed E-state index contributed by atoms with van der Waals surface area (Å²) in [6.45, 7) is 1.93. The summed E-state index contributed by atoms with van der Waals surface area (Å²) in [5.41, 5.74) is 6.67. The summed E-state index contributed by atoms with van der Waals surface area (Å²) in [4.78, 5) is 20.2. The van der Waals surface area contributed by atoms with Gasteiger partial charge in [-0.1, -0.05) is 23.8 Å². The van der Waals surface area contributed by atoms with Gasteiger partial charge in [-0.25, -0.2) is 9.37 Å². The standard InChI is InChI=1S/C16H12ClFN4O/c1-9-6-7-13-11(8-9)14(20-16(17)19-13)21-22-15(23)10-4-2-3-5-12(10)18/h2-8H,1H3,(H,22,23)(H,19,20,21). The first-order valence-corrected chi connectivity index (χ1v) is 7.17. The Balaban J connectivity index is 1.89. The van der Waals surface area contributed by atoms with E-state index in [1.165, 1.54) is 18.2 Å². The molecule has 0 aliphatic rings. The number of nitrogens with one attached hydrogen (secondary N) is 2. The Kier molecular flexibility index (Phi) is 4.08. The summed E-state index contributed by atoms with van der Waals surface area (Å²) >= 11 is 5.89. The number of hydrogen-bond donors (Lipinski definition) is 2. The van der Waals surface area contributed by atoms with E-state index in [2.05, 4.69) is 20.8 Å². The van der Waals surface area contributed by atoms with Crippen molar-refractivity contribution >= 4 is 34.2 Å². The largest absolute Gasteiger partial charge is 0.281 e. The van der Waals surface area contributed by atoms with Gasteiger partial charge in [0.25, 0.3) is 5.91 Å². The third-order valence-corrected chi connectivity index (χ3v) is 3.41. The van der Waals surface area contributed by atoms with Crippen LogP contribution in [0, 0.1) is 12.7 Å². The molecule has 1 amide bonds. The highest BCUT2D eigenvalue weighted by atomic mass is 35.5. The number of anilines is 1. The molecule has 5 nitrogen and oxygen atoms in total. The second-order valence-electron chi connectivity index (χ2n) is 4.92. The maximum atomic E-state index is 13.6. The number of fused-ring (bicyclic) bond motifs is 1. The van der Waals surface area contributed by atoms with E-state index in [0.29, 0.717) is 16.7 Å². The first-order valence-electron chi connectivity index (χ1n) is 6.79. The Morgan fingerprint density at radius 2 is 1.96 bits per heavy atom. The van der Waals surface area contributed by atoms with Crippen molar-refractivity contribution in [1.29, 1.82) is 0 Å². The van der Waals surface area contributed by atoms with Crippen LogP contribution in [0.1, 0.15) is 15.9 Å². The minimum absolute atomic E-state index is 0.0454. The average molecular weight is 331 g/mol. The first kappa shape index (κ1) is 15.2. The molecule has 0 saturated heterocycles. The molecule has 1 heterocycles. The molecule has 0 fully saturated rings. The van der Waals surface area contributed by atoms with Crippen LogP contribution in [0.15, 0.2) is 42.5 Å². The van der Waals surface area contributed by atoms with Crippen LogP contribution in [0.2, 0.25) is 5.28 Å². The number of amides is 1. The van der Waals surface area contributed by atoms with E-state index in [1.807, 2.05) is 25.1 Å². The van der Waals surface area contributed by atoms with Crippen molar-refractivity contribution < 1.29 is 9.18 Å². The zero-order valence-corrected chi connectivity index (χ0v) is 12.9. The van der Waals surface area contributed by atoms with Crippen LogP contribution in [0.3, 0.4) is 0 Å². The molecule has 23 heavy (non-hydrogen) atoms. The minimum Gasteiger partial charge on any atom is -0.281 e. The Labute approximate surface area is 136 Å². The van der Waals surface area contributed by atoms with E-state index < -0.39 is 11.7 Å². The van der Waals surface area contributed by atoms with Crippen LogP contribution in [0.5, 0.6) is 0 Å². The lowest BCUT2D eigenvalue weighted by Crippen LogP contribution is -2.30. The molecule has 0 spiro atoms. The maximum absolute atomic E-state index is 13.6. The number of benzene rings is 2. The van der Waals surface area contributed by atoms with Crippen LogP contribution in [0.4, 0.5) is 10.2 Å². The molecule has 116 valence electrons. The van der Waals surface area contributed by atoms with Crippen molar-refractivity contribution in [3.63, 3.8) is 0 Å². The average Bonchev–Trinajstić information content (AvgIpc) is 2.53. The summed E-state index contributed by atoms with van der Waals surface area (Å²) in [6, 6.07) is 11.3. The van der Waals surface area contributed by atoms with Gasteiger partial charge in [0.05, 0.1) is 11.1 Å². The number of aromatic nitrogens is 2. The van der Waals surface area contributed by atoms with Crippen LogP contribution in [-0.4, -0.2) is 15.9 Å². The molecule has 0 saturated carbocycles. The molecule has 0 aliphatic heterocycles.